The summed E-state index contributed by atoms with van der Waals surface area (Å²) in [6.07, 6.45) is 1.13. The molecule has 0 aromatic carbocycles. The molecule has 0 saturated carbocycles. The summed E-state index contributed by atoms with van der Waals surface area (Å²) in [5.74, 6) is 0.00148. The van der Waals surface area contributed by atoms with E-state index in [-0.39, 0.29) is 29.8 Å². The molecule has 1 heterocycles. The van der Waals surface area contributed by atoms with E-state index in [2.05, 4.69) is 0 Å². The van der Waals surface area contributed by atoms with Gasteiger partial charge in [-0.3, -0.25) is 9.59 Å². The summed E-state index contributed by atoms with van der Waals surface area (Å²) in [4.78, 5) is 25.2. The van der Waals surface area contributed by atoms with Crippen molar-refractivity contribution in [3.63, 3.8) is 0 Å². The zero-order valence-electron chi connectivity index (χ0n) is 11.5. The van der Waals surface area contributed by atoms with Crippen LogP contribution in [0.4, 0.5) is 0 Å². The van der Waals surface area contributed by atoms with E-state index in [1.54, 1.807) is 11.8 Å². The lowest BCUT2D eigenvalue weighted by atomic mass is 9.91. The van der Waals surface area contributed by atoms with Crippen molar-refractivity contribution in [1.82, 2.24) is 4.90 Å². The zero-order valence-corrected chi connectivity index (χ0v) is 11.5. The van der Waals surface area contributed by atoms with Gasteiger partial charge in [0.25, 0.3) is 0 Å². The van der Waals surface area contributed by atoms with Crippen LogP contribution in [-0.2, 0) is 14.3 Å². The van der Waals surface area contributed by atoms with E-state index in [4.69, 9.17) is 10.5 Å². The number of likely N-dealkylation sites (tertiary alicyclic amines) is 1. The molecule has 18 heavy (non-hydrogen) atoms. The number of hydrogen-bond acceptors (Lipinski definition) is 4. The summed E-state index contributed by atoms with van der Waals surface area (Å²) >= 11 is 0. The summed E-state index contributed by atoms with van der Waals surface area (Å²) in [6, 6.07) is -0.0409. The molecule has 1 saturated heterocycles. The van der Waals surface area contributed by atoms with E-state index in [0.717, 1.165) is 6.42 Å². The first kappa shape index (κ1) is 15.0. The van der Waals surface area contributed by atoms with Crippen LogP contribution in [0.2, 0.25) is 0 Å². The second-order valence-corrected chi connectivity index (χ2v) is 5.27. The second-order valence-electron chi connectivity index (χ2n) is 5.27. The van der Waals surface area contributed by atoms with E-state index in [0.29, 0.717) is 26.1 Å². The number of piperidine rings is 1. The quantitative estimate of drug-likeness (QED) is 0.754. The predicted molar refractivity (Wildman–Crippen MR) is 68.8 cm³/mol. The summed E-state index contributed by atoms with van der Waals surface area (Å²) in [5.41, 5.74) is 5.96. The van der Waals surface area contributed by atoms with Gasteiger partial charge < -0.3 is 15.4 Å². The number of hydrogen-bond donors (Lipinski definition) is 1. The van der Waals surface area contributed by atoms with Gasteiger partial charge in [0.05, 0.1) is 13.0 Å². The molecule has 0 spiro atoms. The Hall–Kier alpha value is -1.10. The van der Waals surface area contributed by atoms with Crippen LogP contribution >= 0.6 is 0 Å². The van der Waals surface area contributed by atoms with Crippen LogP contribution in [0.5, 0.6) is 0 Å². The number of nitrogens with zero attached hydrogens (tertiary/aromatic N) is 1. The smallest absolute Gasteiger partial charge is 0.306 e. The van der Waals surface area contributed by atoms with Gasteiger partial charge in [-0.05, 0) is 19.3 Å². The molecule has 2 N–H and O–H groups in total. The lowest BCUT2D eigenvalue weighted by molar-refractivity contribution is -0.146. The first-order valence-electron chi connectivity index (χ1n) is 6.64. The van der Waals surface area contributed by atoms with Gasteiger partial charge in [-0.2, -0.15) is 0 Å². The van der Waals surface area contributed by atoms with Crippen molar-refractivity contribution in [2.45, 2.75) is 39.7 Å². The van der Waals surface area contributed by atoms with Gasteiger partial charge in [0.15, 0.2) is 0 Å². The van der Waals surface area contributed by atoms with Crippen molar-refractivity contribution < 1.29 is 14.3 Å². The Bertz CT molecular complexity index is 305. The molecule has 1 rings (SSSR count). The van der Waals surface area contributed by atoms with Crippen molar-refractivity contribution in [3.8, 4) is 0 Å². The molecule has 0 aromatic heterocycles. The highest BCUT2D eigenvalue weighted by Gasteiger charge is 2.30. The van der Waals surface area contributed by atoms with Crippen LogP contribution in [0.1, 0.15) is 33.6 Å². The van der Waals surface area contributed by atoms with E-state index >= 15 is 0 Å². The highest BCUT2D eigenvalue weighted by molar-refractivity contribution is 5.78. The van der Waals surface area contributed by atoms with Crippen molar-refractivity contribution in [3.05, 3.63) is 0 Å². The maximum Gasteiger partial charge on any atom is 0.306 e. The topological polar surface area (TPSA) is 72.6 Å². The number of rotatable bonds is 4. The third kappa shape index (κ3) is 4.29. The van der Waals surface area contributed by atoms with E-state index in [9.17, 15) is 9.59 Å². The molecule has 0 aromatic rings. The fourth-order valence-electron chi connectivity index (χ4n) is 2.40. The molecule has 5 nitrogen and oxygen atoms in total. The molecule has 0 bridgehead atoms. The van der Waals surface area contributed by atoms with Gasteiger partial charge in [0.1, 0.15) is 0 Å². The van der Waals surface area contributed by atoms with Crippen molar-refractivity contribution in [2.75, 3.05) is 19.7 Å². The number of carbonyl (C=O) groups is 2. The Labute approximate surface area is 109 Å². The van der Waals surface area contributed by atoms with Crippen LogP contribution in [0.25, 0.3) is 0 Å². The maximum atomic E-state index is 12.0. The van der Waals surface area contributed by atoms with Gasteiger partial charge in [0.2, 0.25) is 5.91 Å². The molecule has 0 radical (unpaired) electrons. The summed E-state index contributed by atoms with van der Waals surface area (Å²) in [5, 5.41) is 0. The normalized spacial score (nSPS) is 24.2. The average Bonchev–Trinajstić information content (AvgIpc) is 2.27. The van der Waals surface area contributed by atoms with Crippen LogP contribution in [0.15, 0.2) is 0 Å². The van der Waals surface area contributed by atoms with E-state index in [1.807, 2.05) is 13.8 Å². The largest absolute Gasteiger partial charge is 0.466 e. The highest BCUT2D eigenvalue weighted by atomic mass is 16.5. The van der Waals surface area contributed by atoms with Crippen molar-refractivity contribution in [2.24, 2.45) is 17.6 Å². The van der Waals surface area contributed by atoms with Gasteiger partial charge in [-0.15, -0.1) is 0 Å². The molecule has 1 aliphatic rings. The molecule has 2 atom stereocenters. The minimum atomic E-state index is -0.200. The summed E-state index contributed by atoms with van der Waals surface area (Å²) in [6.45, 7) is 7.15. The number of esters is 1. The minimum Gasteiger partial charge on any atom is -0.466 e. The third-order valence-corrected chi connectivity index (χ3v) is 3.14. The Kier molecular flexibility index (Phi) is 5.59. The SMILES string of the molecule is CCOC(=O)CC1CC(N)CN(C(=O)C(C)C)C1. The molecule has 5 heteroatoms. The van der Waals surface area contributed by atoms with Gasteiger partial charge >= 0.3 is 5.97 Å². The molecular weight excluding hydrogens is 232 g/mol. The predicted octanol–water partition coefficient (Wildman–Crippen LogP) is 0.771. The average molecular weight is 256 g/mol. The molecule has 104 valence electrons. The number of amides is 1. The Balaban J connectivity index is 2.55. The van der Waals surface area contributed by atoms with Crippen LogP contribution in [-0.4, -0.2) is 42.5 Å². The Morgan fingerprint density at radius 2 is 2.06 bits per heavy atom. The molecule has 1 aliphatic heterocycles. The molecule has 1 amide bonds. The van der Waals surface area contributed by atoms with Crippen LogP contribution in [0.3, 0.4) is 0 Å². The molecular formula is C13H24N2O3. The number of nitrogens with two attached hydrogens (primary N) is 1. The zero-order chi connectivity index (χ0) is 13.7. The fourth-order valence-corrected chi connectivity index (χ4v) is 2.40. The van der Waals surface area contributed by atoms with Crippen molar-refractivity contribution >= 4 is 11.9 Å². The first-order valence-corrected chi connectivity index (χ1v) is 6.64. The van der Waals surface area contributed by atoms with E-state index in [1.165, 1.54) is 0 Å². The molecule has 0 aliphatic carbocycles. The first-order chi connectivity index (χ1) is 8.43. The molecule has 1 fully saturated rings. The van der Waals surface area contributed by atoms with E-state index < -0.39 is 0 Å². The second kappa shape index (κ2) is 6.73. The van der Waals surface area contributed by atoms with Gasteiger partial charge in [0, 0.05) is 25.0 Å². The number of ether oxygens (including phenoxy) is 1. The minimum absolute atomic E-state index is 0.0291. The third-order valence-electron chi connectivity index (χ3n) is 3.14. The standard InChI is InChI=1S/C13H24N2O3/c1-4-18-12(16)6-10-5-11(14)8-15(7-10)13(17)9(2)3/h9-11H,4-8,14H2,1-3H3. The highest BCUT2D eigenvalue weighted by Crippen LogP contribution is 2.21. The number of carbonyl (C=O) groups excluding carboxylic acids is 2. The maximum absolute atomic E-state index is 12.0. The van der Waals surface area contributed by atoms with Gasteiger partial charge in [-0.1, -0.05) is 13.8 Å². The Morgan fingerprint density at radius 3 is 2.61 bits per heavy atom. The fraction of sp³-hybridized carbons (Fsp3) is 0.846. The van der Waals surface area contributed by atoms with Crippen LogP contribution < -0.4 is 5.73 Å². The Morgan fingerprint density at radius 1 is 1.39 bits per heavy atom. The molecule has 2 unspecified atom stereocenters. The lowest BCUT2D eigenvalue weighted by Gasteiger charge is -2.36. The monoisotopic (exact) mass is 256 g/mol. The van der Waals surface area contributed by atoms with Crippen molar-refractivity contribution in [1.29, 1.82) is 0 Å². The lowest BCUT2D eigenvalue weighted by Crippen LogP contribution is -2.50. The van der Waals surface area contributed by atoms with Crippen LogP contribution in [0, 0.1) is 11.8 Å². The van der Waals surface area contributed by atoms with Gasteiger partial charge in [-0.25, -0.2) is 0 Å². The summed E-state index contributed by atoms with van der Waals surface area (Å²) < 4.78 is 4.94. The summed E-state index contributed by atoms with van der Waals surface area (Å²) in [7, 11) is 0.